The van der Waals surface area contributed by atoms with Crippen molar-refractivity contribution >= 4 is 12.4 Å². The van der Waals surface area contributed by atoms with Crippen LogP contribution in [-0.4, -0.2) is 11.8 Å². The first-order valence-electron chi connectivity index (χ1n) is 6.68. The molecular weight excluding hydrogens is 277 g/mol. The van der Waals surface area contributed by atoms with Crippen molar-refractivity contribution in [1.82, 2.24) is 0 Å². The van der Waals surface area contributed by atoms with Crippen LogP contribution in [0.3, 0.4) is 0 Å². The van der Waals surface area contributed by atoms with E-state index in [1.165, 1.54) is 0 Å². The molecule has 1 aromatic carbocycles. The molecule has 116 valence electrons. The van der Waals surface area contributed by atoms with Crippen LogP contribution in [0.5, 0.6) is 5.75 Å². The van der Waals surface area contributed by atoms with Gasteiger partial charge in [0, 0.05) is 5.56 Å². The van der Waals surface area contributed by atoms with Gasteiger partial charge in [-0.05, 0) is 28.0 Å². The van der Waals surface area contributed by atoms with Gasteiger partial charge in [-0.25, -0.2) is 4.39 Å². The molecule has 1 rings (SSSR count). The Labute approximate surface area is 128 Å². The molecular formula is C16H27ClFNO. The normalized spacial score (nSPS) is 13.8. The van der Waals surface area contributed by atoms with Gasteiger partial charge in [0.15, 0.2) is 0 Å². The Morgan fingerprint density at radius 1 is 1.10 bits per heavy atom. The van der Waals surface area contributed by atoms with Gasteiger partial charge in [0.25, 0.3) is 0 Å². The number of phenolic OH excluding ortho intramolecular Hbond substituents is 1. The van der Waals surface area contributed by atoms with E-state index in [1.807, 2.05) is 32.9 Å². The van der Waals surface area contributed by atoms with Crippen LogP contribution in [0, 0.1) is 0 Å². The van der Waals surface area contributed by atoms with Crippen LogP contribution in [0.15, 0.2) is 12.1 Å². The first kappa shape index (κ1) is 19.2. The van der Waals surface area contributed by atoms with E-state index in [0.29, 0.717) is 5.56 Å². The second-order valence-electron chi connectivity index (χ2n) is 7.22. The summed E-state index contributed by atoms with van der Waals surface area (Å²) >= 11 is 0. The molecule has 0 unspecified atom stereocenters. The SMILES string of the molecule is CC(C)(C)c1cc([C@H](N)CF)c(O)c(C(C)(C)C)c1.Cl. The summed E-state index contributed by atoms with van der Waals surface area (Å²) in [5, 5.41) is 10.4. The van der Waals surface area contributed by atoms with Gasteiger partial charge in [0.2, 0.25) is 0 Å². The first-order chi connectivity index (χ1) is 8.48. The van der Waals surface area contributed by atoms with Gasteiger partial charge < -0.3 is 10.8 Å². The lowest BCUT2D eigenvalue weighted by molar-refractivity contribution is 0.402. The Morgan fingerprint density at radius 3 is 1.95 bits per heavy atom. The quantitative estimate of drug-likeness (QED) is 0.851. The van der Waals surface area contributed by atoms with Crippen LogP contribution in [0.25, 0.3) is 0 Å². The number of hydrogen-bond donors (Lipinski definition) is 2. The van der Waals surface area contributed by atoms with Crippen molar-refractivity contribution in [3.8, 4) is 5.75 Å². The molecule has 1 atom stereocenters. The molecule has 0 spiro atoms. The fraction of sp³-hybridized carbons (Fsp3) is 0.625. The van der Waals surface area contributed by atoms with E-state index >= 15 is 0 Å². The van der Waals surface area contributed by atoms with Crippen LogP contribution in [0.4, 0.5) is 4.39 Å². The summed E-state index contributed by atoms with van der Waals surface area (Å²) in [4.78, 5) is 0. The largest absolute Gasteiger partial charge is 0.507 e. The predicted molar refractivity (Wildman–Crippen MR) is 85.7 cm³/mol. The molecule has 4 heteroatoms. The van der Waals surface area contributed by atoms with Crippen LogP contribution in [0.1, 0.15) is 64.3 Å². The van der Waals surface area contributed by atoms with Crippen molar-refractivity contribution in [2.75, 3.05) is 6.67 Å². The van der Waals surface area contributed by atoms with E-state index < -0.39 is 12.7 Å². The maximum Gasteiger partial charge on any atom is 0.124 e. The Kier molecular flexibility index (Phi) is 6.06. The summed E-state index contributed by atoms with van der Waals surface area (Å²) in [5.41, 5.74) is 7.88. The summed E-state index contributed by atoms with van der Waals surface area (Å²) in [5.74, 6) is 0.130. The molecule has 0 heterocycles. The summed E-state index contributed by atoms with van der Waals surface area (Å²) in [6.45, 7) is 11.7. The number of benzene rings is 1. The number of phenols is 1. The first-order valence-corrected chi connectivity index (χ1v) is 6.68. The third-order valence-electron chi connectivity index (χ3n) is 3.38. The fourth-order valence-corrected chi connectivity index (χ4v) is 2.03. The number of alkyl halides is 1. The molecule has 0 radical (unpaired) electrons. The fourth-order valence-electron chi connectivity index (χ4n) is 2.03. The minimum Gasteiger partial charge on any atom is -0.507 e. The van der Waals surface area contributed by atoms with E-state index in [0.717, 1.165) is 11.1 Å². The average molecular weight is 304 g/mol. The zero-order chi connectivity index (χ0) is 15.0. The van der Waals surface area contributed by atoms with E-state index in [4.69, 9.17) is 5.73 Å². The van der Waals surface area contributed by atoms with Gasteiger partial charge in [-0.15, -0.1) is 12.4 Å². The molecule has 0 aliphatic carbocycles. The Bertz CT molecular complexity index is 461. The van der Waals surface area contributed by atoms with E-state index in [9.17, 15) is 9.50 Å². The highest BCUT2D eigenvalue weighted by Crippen LogP contribution is 2.39. The predicted octanol–water partition coefficient (Wildman–Crippen LogP) is 4.38. The summed E-state index contributed by atoms with van der Waals surface area (Å²) in [7, 11) is 0. The maximum absolute atomic E-state index is 12.9. The molecule has 0 bridgehead atoms. The van der Waals surface area contributed by atoms with Gasteiger partial charge in [0.1, 0.15) is 12.4 Å². The molecule has 20 heavy (non-hydrogen) atoms. The van der Waals surface area contributed by atoms with Gasteiger partial charge >= 0.3 is 0 Å². The van der Waals surface area contributed by atoms with Crippen molar-refractivity contribution in [2.45, 2.75) is 58.4 Å². The van der Waals surface area contributed by atoms with Gasteiger partial charge in [-0.1, -0.05) is 47.6 Å². The van der Waals surface area contributed by atoms with Crippen LogP contribution < -0.4 is 5.73 Å². The molecule has 3 N–H and O–H groups in total. The lowest BCUT2D eigenvalue weighted by Crippen LogP contribution is -2.20. The minimum absolute atomic E-state index is 0. The van der Waals surface area contributed by atoms with E-state index in [-0.39, 0.29) is 29.0 Å². The molecule has 0 aliphatic heterocycles. The number of rotatable bonds is 2. The second kappa shape index (κ2) is 6.31. The summed E-state index contributed by atoms with van der Waals surface area (Å²) in [6, 6.07) is 3.06. The zero-order valence-electron chi connectivity index (χ0n) is 13.2. The van der Waals surface area contributed by atoms with Crippen molar-refractivity contribution in [2.24, 2.45) is 5.73 Å². The highest BCUT2D eigenvalue weighted by atomic mass is 35.5. The molecule has 0 saturated heterocycles. The molecule has 2 nitrogen and oxygen atoms in total. The van der Waals surface area contributed by atoms with Crippen LogP contribution >= 0.6 is 12.4 Å². The van der Waals surface area contributed by atoms with Gasteiger partial charge in [-0.2, -0.15) is 0 Å². The lowest BCUT2D eigenvalue weighted by atomic mass is 9.78. The topological polar surface area (TPSA) is 46.2 Å². The lowest BCUT2D eigenvalue weighted by Gasteiger charge is -2.28. The summed E-state index contributed by atoms with van der Waals surface area (Å²) < 4.78 is 12.9. The molecule has 0 saturated carbocycles. The molecule has 1 aromatic rings. The van der Waals surface area contributed by atoms with Crippen LogP contribution in [0.2, 0.25) is 0 Å². The summed E-state index contributed by atoms with van der Waals surface area (Å²) in [6.07, 6.45) is 0. The third-order valence-corrected chi connectivity index (χ3v) is 3.38. The van der Waals surface area contributed by atoms with E-state index in [2.05, 4.69) is 20.8 Å². The Balaban J connectivity index is 0.00000361. The minimum atomic E-state index is -0.775. The molecule has 0 fully saturated rings. The van der Waals surface area contributed by atoms with Gasteiger partial charge in [-0.3, -0.25) is 0 Å². The highest BCUT2D eigenvalue weighted by Gasteiger charge is 2.26. The number of nitrogens with two attached hydrogens (primary N) is 1. The van der Waals surface area contributed by atoms with Crippen molar-refractivity contribution in [3.63, 3.8) is 0 Å². The zero-order valence-corrected chi connectivity index (χ0v) is 14.1. The standard InChI is InChI=1S/C16H26FNO.ClH/c1-15(2,3)10-7-11(13(18)9-17)14(19)12(8-10)16(4,5)6;/h7-8,13,19H,9,18H2,1-6H3;1H/t13-;/m1./s1. The van der Waals surface area contributed by atoms with Crippen molar-refractivity contribution in [1.29, 1.82) is 0 Å². The number of aromatic hydroxyl groups is 1. The molecule has 0 aromatic heterocycles. The third kappa shape index (κ3) is 4.10. The monoisotopic (exact) mass is 303 g/mol. The number of halogens is 2. The van der Waals surface area contributed by atoms with Crippen molar-refractivity contribution < 1.29 is 9.50 Å². The maximum atomic E-state index is 12.9. The van der Waals surface area contributed by atoms with Crippen molar-refractivity contribution in [3.05, 3.63) is 28.8 Å². The second-order valence-corrected chi connectivity index (χ2v) is 7.22. The smallest absolute Gasteiger partial charge is 0.124 e. The molecule has 0 amide bonds. The van der Waals surface area contributed by atoms with E-state index in [1.54, 1.807) is 0 Å². The Morgan fingerprint density at radius 2 is 1.60 bits per heavy atom. The molecule has 0 aliphatic rings. The number of hydrogen-bond acceptors (Lipinski definition) is 2. The van der Waals surface area contributed by atoms with Crippen LogP contribution in [-0.2, 0) is 10.8 Å². The Hall–Kier alpha value is -0.800. The van der Waals surface area contributed by atoms with Gasteiger partial charge in [0.05, 0.1) is 6.04 Å². The average Bonchev–Trinajstić information content (AvgIpc) is 2.25. The highest BCUT2D eigenvalue weighted by molar-refractivity contribution is 5.85.